The van der Waals surface area contributed by atoms with E-state index in [0.29, 0.717) is 5.41 Å². The van der Waals surface area contributed by atoms with E-state index in [2.05, 4.69) is 38.0 Å². The van der Waals surface area contributed by atoms with Gasteiger partial charge in [-0.15, -0.1) is 0 Å². The lowest BCUT2D eigenvalue weighted by Gasteiger charge is -2.46. The molecule has 2 saturated heterocycles. The molecule has 2 aliphatic heterocycles. The number of nitrogens with zero attached hydrogens (tertiary/aromatic N) is 1. The first-order valence-corrected chi connectivity index (χ1v) is 5.93. The minimum Gasteiger partial charge on any atom is -0.316 e. The molecule has 2 rings (SSSR count). The Labute approximate surface area is 88.1 Å². The average molecular weight is 196 g/mol. The molecular formula is C12H24N2. The van der Waals surface area contributed by atoms with Crippen LogP contribution < -0.4 is 5.32 Å². The topological polar surface area (TPSA) is 15.3 Å². The monoisotopic (exact) mass is 196 g/mol. The summed E-state index contributed by atoms with van der Waals surface area (Å²) in [5.41, 5.74) is 0.508. The van der Waals surface area contributed by atoms with Crippen LogP contribution in [0.5, 0.6) is 0 Å². The third-order valence-electron chi connectivity index (χ3n) is 4.70. The van der Waals surface area contributed by atoms with E-state index >= 15 is 0 Å². The highest BCUT2D eigenvalue weighted by molar-refractivity contribution is 5.00. The second-order valence-electron chi connectivity index (χ2n) is 5.88. The van der Waals surface area contributed by atoms with Crippen LogP contribution in [0.4, 0.5) is 0 Å². The summed E-state index contributed by atoms with van der Waals surface area (Å²) in [7, 11) is 2.26. The highest BCUT2D eigenvalue weighted by Gasteiger charge is 2.47. The maximum atomic E-state index is 3.62. The maximum Gasteiger partial charge on any atom is 0.00222 e. The number of nitrogens with one attached hydrogen (secondary N) is 1. The van der Waals surface area contributed by atoms with Gasteiger partial charge in [-0.3, -0.25) is 0 Å². The minimum absolute atomic E-state index is 0.508. The Balaban J connectivity index is 2.18. The summed E-state index contributed by atoms with van der Waals surface area (Å²) in [5, 5.41) is 3.62. The van der Waals surface area contributed by atoms with Gasteiger partial charge >= 0.3 is 0 Å². The molecule has 0 aromatic heterocycles. The van der Waals surface area contributed by atoms with Gasteiger partial charge in [0.1, 0.15) is 0 Å². The fourth-order valence-corrected chi connectivity index (χ4v) is 3.33. The van der Waals surface area contributed by atoms with Gasteiger partial charge in [-0.1, -0.05) is 20.8 Å². The van der Waals surface area contributed by atoms with Crippen LogP contribution in [-0.2, 0) is 0 Å². The molecule has 3 atom stereocenters. The van der Waals surface area contributed by atoms with Gasteiger partial charge in [0, 0.05) is 19.6 Å². The predicted octanol–water partition coefficient (Wildman–Crippen LogP) is 1.43. The molecule has 82 valence electrons. The molecule has 0 aromatic carbocycles. The molecule has 2 heteroatoms. The molecule has 0 bridgehead atoms. The highest BCUT2D eigenvalue weighted by atomic mass is 15.1. The lowest BCUT2D eigenvalue weighted by Crippen LogP contribution is -2.52. The number of hydrogen-bond donors (Lipinski definition) is 1. The molecular weight excluding hydrogens is 172 g/mol. The molecule has 1 N–H and O–H groups in total. The summed E-state index contributed by atoms with van der Waals surface area (Å²) in [6.45, 7) is 12.3. The molecule has 3 unspecified atom stereocenters. The van der Waals surface area contributed by atoms with Crippen LogP contribution in [0.25, 0.3) is 0 Å². The summed E-state index contributed by atoms with van der Waals surface area (Å²) < 4.78 is 0. The van der Waals surface area contributed by atoms with Gasteiger partial charge in [0.2, 0.25) is 0 Å². The Hall–Kier alpha value is -0.0800. The quantitative estimate of drug-likeness (QED) is 0.682. The van der Waals surface area contributed by atoms with E-state index in [0.717, 1.165) is 17.8 Å². The molecule has 0 radical (unpaired) electrons. The Kier molecular flexibility index (Phi) is 2.61. The van der Waals surface area contributed by atoms with Crippen molar-refractivity contribution < 1.29 is 0 Å². The molecule has 2 nitrogen and oxygen atoms in total. The van der Waals surface area contributed by atoms with E-state index in [-0.39, 0.29) is 0 Å². The van der Waals surface area contributed by atoms with Gasteiger partial charge in [0.25, 0.3) is 0 Å². The van der Waals surface area contributed by atoms with Crippen molar-refractivity contribution in [2.75, 3.05) is 33.2 Å². The lowest BCUT2D eigenvalue weighted by molar-refractivity contribution is 0.0580. The van der Waals surface area contributed by atoms with E-state index in [9.17, 15) is 0 Å². The van der Waals surface area contributed by atoms with E-state index in [1.54, 1.807) is 0 Å². The van der Waals surface area contributed by atoms with E-state index < -0.39 is 0 Å². The van der Waals surface area contributed by atoms with Crippen molar-refractivity contribution in [2.24, 2.45) is 23.2 Å². The van der Waals surface area contributed by atoms with Crippen LogP contribution in [0, 0.1) is 23.2 Å². The minimum atomic E-state index is 0.508. The SMILES string of the molecule is CC(C)C1(C)CNCC2CN(C)CC21. The van der Waals surface area contributed by atoms with Crippen LogP contribution in [-0.4, -0.2) is 38.1 Å². The Bertz CT molecular complexity index is 214. The fraction of sp³-hybridized carbons (Fsp3) is 1.00. The molecule has 2 heterocycles. The zero-order valence-electron chi connectivity index (χ0n) is 10.0. The molecule has 0 amide bonds. The van der Waals surface area contributed by atoms with Crippen molar-refractivity contribution in [1.29, 1.82) is 0 Å². The Morgan fingerprint density at radius 1 is 1.36 bits per heavy atom. The van der Waals surface area contributed by atoms with E-state index in [4.69, 9.17) is 0 Å². The average Bonchev–Trinajstić information content (AvgIpc) is 2.47. The maximum absolute atomic E-state index is 3.62. The van der Waals surface area contributed by atoms with E-state index in [1.807, 2.05) is 0 Å². The smallest absolute Gasteiger partial charge is 0.00222 e. The zero-order valence-corrected chi connectivity index (χ0v) is 10.0. The number of fused-ring (bicyclic) bond motifs is 1. The van der Waals surface area contributed by atoms with Crippen LogP contribution in [0.2, 0.25) is 0 Å². The Morgan fingerprint density at radius 3 is 2.71 bits per heavy atom. The first kappa shape index (κ1) is 10.4. The van der Waals surface area contributed by atoms with Gasteiger partial charge in [-0.05, 0) is 36.8 Å². The molecule has 0 saturated carbocycles. The van der Waals surface area contributed by atoms with Gasteiger partial charge < -0.3 is 10.2 Å². The van der Waals surface area contributed by atoms with Crippen molar-refractivity contribution in [3.63, 3.8) is 0 Å². The first-order chi connectivity index (χ1) is 6.54. The molecule has 0 spiro atoms. The largest absolute Gasteiger partial charge is 0.316 e. The normalized spacial score (nSPS) is 44.4. The van der Waals surface area contributed by atoms with Crippen molar-refractivity contribution in [3.05, 3.63) is 0 Å². The van der Waals surface area contributed by atoms with Crippen molar-refractivity contribution in [2.45, 2.75) is 20.8 Å². The van der Waals surface area contributed by atoms with E-state index in [1.165, 1.54) is 26.2 Å². The highest BCUT2D eigenvalue weighted by Crippen LogP contribution is 2.44. The van der Waals surface area contributed by atoms with Crippen molar-refractivity contribution in [1.82, 2.24) is 10.2 Å². The number of piperidine rings is 1. The second-order valence-corrected chi connectivity index (χ2v) is 5.88. The molecule has 0 aromatic rings. The van der Waals surface area contributed by atoms with Crippen molar-refractivity contribution >= 4 is 0 Å². The number of hydrogen-bond acceptors (Lipinski definition) is 2. The summed E-state index contributed by atoms with van der Waals surface area (Å²) in [5.74, 6) is 2.59. The molecule has 0 aliphatic carbocycles. The second kappa shape index (κ2) is 3.49. The summed E-state index contributed by atoms with van der Waals surface area (Å²) in [4.78, 5) is 2.50. The zero-order chi connectivity index (χ0) is 10.3. The lowest BCUT2D eigenvalue weighted by atomic mass is 9.63. The summed E-state index contributed by atoms with van der Waals surface area (Å²) in [6.07, 6.45) is 0. The standard InChI is InChI=1S/C12H24N2/c1-9(2)12(3)8-13-5-10-6-14(4)7-11(10)12/h9-11,13H,5-8H2,1-4H3. The Morgan fingerprint density at radius 2 is 2.07 bits per heavy atom. The first-order valence-electron chi connectivity index (χ1n) is 5.93. The van der Waals surface area contributed by atoms with Gasteiger partial charge in [-0.25, -0.2) is 0 Å². The van der Waals surface area contributed by atoms with Gasteiger partial charge in [0.05, 0.1) is 0 Å². The summed E-state index contributed by atoms with van der Waals surface area (Å²) in [6, 6.07) is 0. The van der Waals surface area contributed by atoms with Crippen LogP contribution in [0.3, 0.4) is 0 Å². The van der Waals surface area contributed by atoms with Crippen molar-refractivity contribution in [3.8, 4) is 0 Å². The molecule has 2 aliphatic rings. The number of rotatable bonds is 1. The molecule has 14 heavy (non-hydrogen) atoms. The fourth-order valence-electron chi connectivity index (χ4n) is 3.33. The summed E-state index contributed by atoms with van der Waals surface area (Å²) >= 11 is 0. The third kappa shape index (κ3) is 1.49. The van der Waals surface area contributed by atoms with Crippen LogP contribution >= 0.6 is 0 Å². The van der Waals surface area contributed by atoms with Crippen LogP contribution in [0.15, 0.2) is 0 Å². The van der Waals surface area contributed by atoms with Gasteiger partial charge in [0.15, 0.2) is 0 Å². The third-order valence-corrected chi connectivity index (χ3v) is 4.70. The van der Waals surface area contributed by atoms with Gasteiger partial charge in [-0.2, -0.15) is 0 Å². The predicted molar refractivity (Wildman–Crippen MR) is 60.3 cm³/mol. The number of likely N-dealkylation sites (tertiary alicyclic amines) is 1. The van der Waals surface area contributed by atoms with Crippen LogP contribution in [0.1, 0.15) is 20.8 Å². The molecule has 2 fully saturated rings.